The van der Waals surface area contributed by atoms with Crippen LogP contribution in [0.25, 0.3) is 0 Å². The van der Waals surface area contributed by atoms with Crippen molar-refractivity contribution in [2.24, 2.45) is 11.7 Å². The molecule has 2 atom stereocenters. The van der Waals surface area contributed by atoms with E-state index in [1.54, 1.807) is 12.1 Å². The number of nitrogens with two attached hydrogens (primary N) is 1. The first-order valence-electron chi connectivity index (χ1n) is 5.39. The number of hydrogen-bond donors (Lipinski definition) is 3. The molecule has 0 radical (unpaired) electrons. The number of benzene rings is 1. The third-order valence-corrected chi connectivity index (χ3v) is 2.99. The monoisotopic (exact) mass is 207 g/mol. The molecule has 0 bridgehead atoms. The Morgan fingerprint density at radius 2 is 2.00 bits per heavy atom. The van der Waals surface area contributed by atoms with Gasteiger partial charge in [0, 0.05) is 6.04 Å². The lowest BCUT2D eigenvalue weighted by Gasteiger charge is -2.18. The Kier molecular flexibility index (Phi) is 2.93. The minimum Gasteiger partial charge on any atom is -0.508 e. The van der Waals surface area contributed by atoms with E-state index in [2.05, 4.69) is 0 Å². The lowest BCUT2D eigenvalue weighted by atomic mass is 9.99. The standard InChI is InChI=1S/C12H17NO2/c13-10(12(15)8-5-6-8)7-9-3-1-2-4-11(9)14/h1-4,8,10,12,14-15H,5-7,13H2. The first-order valence-corrected chi connectivity index (χ1v) is 5.39. The highest BCUT2D eigenvalue weighted by Gasteiger charge is 2.33. The van der Waals surface area contributed by atoms with Crippen molar-refractivity contribution in [3.05, 3.63) is 29.8 Å². The van der Waals surface area contributed by atoms with Crippen LogP contribution in [-0.4, -0.2) is 22.4 Å². The van der Waals surface area contributed by atoms with Crippen LogP contribution in [0.4, 0.5) is 0 Å². The molecule has 0 spiro atoms. The van der Waals surface area contributed by atoms with Gasteiger partial charge in [-0.2, -0.15) is 0 Å². The van der Waals surface area contributed by atoms with E-state index >= 15 is 0 Å². The molecule has 4 N–H and O–H groups in total. The van der Waals surface area contributed by atoms with Gasteiger partial charge >= 0.3 is 0 Å². The van der Waals surface area contributed by atoms with E-state index in [9.17, 15) is 10.2 Å². The molecule has 3 heteroatoms. The van der Waals surface area contributed by atoms with E-state index in [0.29, 0.717) is 12.3 Å². The maximum atomic E-state index is 9.80. The van der Waals surface area contributed by atoms with Gasteiger partial charge in [0.1, 0.15) is 5.75 Å². The molecule has 0 aliphatic heterocycles. The fraction of sp³-hybridized carbons (Fsp3) is 0.500. The van der Waals surface area contributed by atoms with E-state index < -0.39 is 6.10 Å². The summed E-state index contributed by atoms with van der Waals surface area (Å²) in [5, 5.41) is 19.4. The number of aliphatic hydroxyl groups excluding tert-OH is 1. The van der Waals surface area contributed by atoms with Crippen molar-refractivity contribution in [1.29, 1.82) is 0 Å². The number of hydrogen-bond acceptors (Lipinski definition) is 3. The molecule has 2 rings (SSSR count). The number of phenolic OH excluding ortho intramolecular Hbond substituents is 1. The highest BCUT2D eigenvalue weighted by Crippen LogP contribution is 2.34. The van der Waals surface area contributed by atoms with Gasteiger partial charge in [0.25, 0.3) is 0 Å². The minimum atomic E-state index is -0.426. The summed E-state index contributed by atoms with van der Waals surface area (Å²) in [7, 11) is 0. The summed E-state index contributed by atoms with van der Waals surface area (Å²) in [4.78, 5) is 0. The summed E-state index contributed by atoms with van der Waals surface area (Å²) in [6, 6.07) is 6.86. The van der Waals surface area contributed by atoms with Crippen molar-refractivity contribution in [2.45, 2.75) is 31.4 Å². The zero-order chi connectivity index (χ0) is 10.8. The molecule has 1 aromatic rings. The number of aliphatic hydroxyl groups is 1. The minimum absolute atomic E-state index is 0.260. The maximum absolute atomic E-state index is 9.80. The van der Waals surface area contributed by atoms with Crippen LogP contribution in [0.5, 0.6) is 5.75 Å². The van der Waals surface area contributed by atoms with Crippen molar-refractivity contribution >= 4 is 0 Å². The number of phenols is 1. The quantitative estimate of drug-likeness (QED) is 0.691. The smallest absolute Gasteiger partial charge is 0.118 e. The zero-order valence-corrected chi connectivity index (χ0v) is 8.63. The Bertz CT molecular complexity index is 336. The first kappa shape index (κ1) is 10.5. The Balaban J connectivity index is 1.98. The number of aromatic hydroxyl groups is 1. The summed E-state index contributed by atoms with van der Waals surface area (Å²) in [6.45, 7) is 0. The van der Waals surface area contributed by atoms with Crippen LogP contribution in [0, 0.1) is 5.92 Å². The molecule has 0 saturated heterocycles. The third kappa shape index (κ3) is 2.49. The third-order valence-electron chi connectivity index (χ3n) is 2.99. The van der Waals surface area contributed by atoms with Crippen LogP contribution >= 0.6 is 0 Å². The summed E-state index contributed by atoms with van der Waals surface area (Å²) in [6.07, 6.45) is 2.26. The van der Waals surface area contributed by atoms with Gasteiger partial charge in [-0.05, 0) is 36.8 Å². The molecule has 3 nitrogen and oxygen atoms in total. The normalized spacial score (nSPS) is 19.9. The molecule has 0 heterocycles. The predicted molar refractivity (Wildman–Crippen MR) is 58.5 cm³/mol. The van der Waals surface area contributed by atoms with Crippen LogP contribution in [0.1, 0.15) is 18.4 Å². The van der Waals surface area contributed by atoms with Crippen LogP contribution in [0.15, 0.2) is 24.3 Å². The molecular weight excluding hydrogens is 190 g/mol. The Morgan fingerprint density at radius 3 is 2.60 bits per heavy atom. The maximum Gasteiger partial charge on any atom is 0.118 e. The van der Waals surface area contributed by atoms with Crippen LogP contribution in [-0.2, 0) is 6.42 Å². The highest BCUT2D eigenvalue weighted by atomic mass is 16.3. The fourth-order valence-electron chi connectivity index (χ4n) is 1.85. The van der Waals surface area contributed by atoms with Gasteiger partial charge in [0.15, 0.2) is 0 Å². The summed E-state index contributed by atoms with van der Waals surface area (Å²) >= 11 is 0. The zero-order valence-electron chi connectivity index (χ0n) is 8.63. The van der Waals surface area contributed by atoms with Crippen molar-refractivity contribution in [3.8, 4) is 5.75 Å². The molecular formula is C12H17NO2. The molecule has 82 valence electrons. The van der Waals surface area contributed by atoms with Gasteiger partial charge in [-0.3, -0.25) is 0 Å². The molecule has 1 aliphatic carbocycles. The van der Waals surface area contributed by atoms with Crippen molar-refractivity contribution in [3.63, 3.8) is 0 Å². The summed E-state index contributed by atoms with van der Waals surface area (Å²) in [5.41, 5.74) is 6.71. The second-order valence-electron chi connectivity index (χ2n) is 4.32. The number of rotatable bonds is 4. The van der Waals surface area contributed by atoms with Gasteiger partial charge < -0.3 is 15.9 Å². The van der Waals surface area contributed by atoms with Crippen molar-refractivity contribution in [1.82, 2.24) is 0 Å². The lowest BCUT2D eigenvalue weighted by Crippen LogP contribution is -2.38. The molecule has 15 heavy (non-hydrogen) atoms. The Labute approximate surface area is 89.5 Å². The Morgan fingerprint density at radius 1 is 1.33 bits per heavy atom. The average Bonchev–Trinajstić information content (AvgIpc) is 3.04. The van der Waals surface area contributed by atoms with Crippen molar-refractivity contribution in [2.75, 3.05) is 0 Å². The van der Waals surface area contributed by atoms with E-state index in [1.807, 2.05) is 12.1 Å². The highest BCUT2D eigenvalue weighted by molar-refractivity contribution is 5.32. The second kappa shape index (κ2) is 4.21. The van der Waals surface area contributed by atoms with Crippen LogP contribution < -0.4 is 5.73 Å². The molecule has 1 saturated carbocycles. The van der Waals surface area contributed by atoms with E-state index in [0.717, 1.165) is 18.4 Å². The van der Waals surface area contributed by atoms with Gasteiger partial charge in [-0.15, -0.1) is 0 Å². The Hall–Kier alpha value is -1.06. The largest absolute Gasteiger partial charge is 0.508 e. The SMILES string of the molecule is NC(Cc1ccccc1O)C(O)C1CC1. The topological polar surface area (TPSA) is 66.5 Å². The number of para-hydroxylation sites is 1. The molecule has 1 aromatic carbocycles. The van der Waals surface area contributed by atoms with Gasteiger partial charge in [0.05, 0.1) is 6.10 Å². The van der Waals surface area contributed by atoms with Crippen LogP contribution in [0.2, 0.25) is 0 Å². The first-order chi connectivity index (χ1) is 7.18. The fourth-order valence-corrected chi connectivity index (χ4v) is 1.85. The molecule has 2 unspecified atom stereocenters. The molecule has 1 fully saturated rings. The van der Waals surface area contributed by atoms with Gasteiger partial charge in [-0.25, -0.2) is 0 Å². The predicted octanol–water partition coefficient (Wildman–Crippen LogP) is 1.03. The average molecular weight is 207 g/mol. The van der Waals surface area contributed by atoms with Gasteiger partial charge in [0.2, 0.25) is 0 Å². The molecule has 0 amide bonds. The lowest BCUT2D eigenvalue weighted by molar-refractivity contribution is 0.121. The second-order valence-corrected chi connectivity index (χ2v) is 4.32. The van der Waals surface area contributed by atoms with E-state index in [1.165, 1.54) is 0 Å². The van der Waals surface area contributed by atoms with E-state index in [-0.39, 0.29) is 11.8 Å². The van der Waals surface area contributed by atoms with Crippen molar-refractivity contribution < 1.29 is 10.2 Å². The summed E-state index contributed by atoms with van der Waals surface area (Å²) in [5.74, 6) is 0.641. The summed E-state index contributed by atoms with van der Waals surface area (Å²) < 4.78 is 0. The van der Waals surface area contributed by atoms with Crippen LogP contribution in [0.3, 0.4) is 0 Å². The molecule has 1 aliphatic rings. The van der Waals surface area contributed by atoms with Gasteiger partial charge in [-0.1, -0.05) is 18.2 Å². The molecule has 0 aromatic heterocycles. The van der Waals surface area contributed by atoms with E-state index in [4.69, 9.17) is 5.73 Å².